The van der Waals surface area contributed by atoms with E-state index in [0.29, 0.717) is 35.5 Å². The van der Waals surface area contributed by atoms with Crippen LogP contribution in [0, 0.1) is 17.2 Å². The van der Waals surface area contributed by atoms with Crippen LogP contribution in [0.4, 0.5) is 10.1 Å². The molecule has 0 bridgehead atoms. The zero-order chi connectivity index (χ0) is 26.9. The van der Waals surface area contributed by atoms with Crippen LogP contribution in [0.25, 0.3) is 0 Å². The number of aliphatic hydroxyl groups excluding tert-OH is 1. The van der Waals surface area contributed by atoms with E-state index in [1.807, 2.05) is 20.8 Å². The summed E-state index contributed by atoms with van der Waals surface area (Å²) in [5, 5.41) is 25.7. The molecule has 3 N–H and O–H groups in total. The maximum atomic E-state index is 15.7. The summed E-state index contributed by atoms with van der Waals surface area (Å²) < 4.78 is 15.7. The van der Waals surface area contributed by atoms with Crippen molar-refractivity contribution >= 4 is 40.6 Å². The smallest absolute Gasteiger partial charge is 0.237 e. The molecule has 198 valence electrons. The van der Waals surface area contributed by atoms with Gasteiger partial charge >= 0.3 is 0 Å². The largest absolute Gasteiger partial charge is 0.393 e. The Labute approximate surface area is 225 Å². The van der Waals surface area contributed by atoms with Gasteiger partial charge in [0, 0.05) is 23.0 Å². The number of rotatable bonds is 5. The molecule has 2 aromatic rings. The Morgan fingerprint density at radius 2 is 1.92 bits per heavy atom. The number of halogens is 3. The van der Waals surface area contributed by atoms with Crippen molar-refractivity contribution in [2.45, 2.75) is 76.0 Å². The average Bonchev–Trinajstić information content (AvgIpc) is 3.20. The van der Waals surface area contributed by atoms with Gasteiger partial charge in [-0.05, 0) is 59.9 Å². The van der Waals surface area contributed by atoms with E-state index in [9.17, 15) is 19.9 Å². The van der Waals surface area contributed by atoms with Gasteiger partial charge in [-0.2, -0.15) is 5.06 Å². The first-order chi connectivity index (χ1) is 17.3. The molecule has 2 aliphatic heterocycles. The first kappa shape index (κ1) is 26.6. The molecule has 1 amide bonds. The van der Waals surface area contributed by atoms with Crippen molar-refractivity contribution in [2.24, 2.45) is 11.3 Å². The van der Waals surface area contributed by atoms with Gasteiger partial charge in [-0.25, -0.2) is 4.39 Å². The van der Waals surface area contributed by atoms with Gasteiger partial charge in [0.05, 0.1) is 17.2 Å². The van der Waals surface area contributed by atoms with Crippen molar-refractivity contribution in [1.29, 1.82) is 0 Å². The Bertz CT molecular complexity index is 1260. The Hall–Kier alpha value is -2.03. The molecule has 9 heteroatoms. The molecular weight excluding hydrogens is 518 g/mol. The lowest BCUT2D eigenvalue weighted by Crippen LogP contribution is -2.50. The third-order valence-electron chi connectivity index (χ3n) is 8.14. The number of carbonyl (C=O) groups excluding carboxylic acids is 2. The first-order valence-electron chi connectivity index (χ1n) is 12.6. The molecule has 2 fully saturated rings. The van der Waals surface area contributed by atoms with Gasteiger partial charge in [0.15, 0.2) is 5.78 Å². The van der Waals surface area contributed by atoms with Crippen molar-refractivity contribution < 1.29 is 24.3 Å². The van der Waals surface area contributed by atoms with Crippen LogP contribution in [-0.4, -0.2) is 45.3 Å². The van der Waals surface area contributed by atoms with Crippen LogP contribution in [-0.2, 0) is 15.0 Å². The van der Waals surface area contributed by atoms with Gasteiger partial charge in [0.2, 0.25) is 5.91 Å². The molecule has 0 unspecified atom stereocenters. The molecular formula is C28H31Cl2FN2O4. The lowest BCUT2D eigenvalue weighted by molar-refractivity contribution is -0.164. The summed E-state index contributed by atoms with van der Waals surface area (Å²) in [5.41, 5.74) is -0.677. The number of anilines is 1. The third-order valence-corrected chi connectivity index (χ3v) is 8.67. The Balaban J connectivity index is 1.75. The number of hydrogen-bond acceptors (Lipinski definition) is 5. The normalized spacial score (nSPS) is 31.4. The molecule has 6 nitrogen and oxygen atoms in total. The summed E-state index contributed by atoms with van der Waals surface area (Å²) >= 11 is 12.4. The summed E-state index contributed by atoms with van der Waals surface area (Å²) in [7, 11) is 0. The highest BCUT2D eigenvalue weighted by molar-refractivity contribution is 6.31. The molecule has 1 aliphatic carbocycles. The molecule has 5 rings (SSSR count). The minimum Gasteiger partial charge on any atom is -0.393 e. The molecule has 0 aromatic heterocycles. The van der Waals surface area contributed by atoms with Crippen molar-refractivity contribution in [2.75, 3.05) is 5.32 Å². The molecule has 1 saturated heterocycles. The van der Waals surface area contributed by atoms with Gasteiger partial charge in [-0.1, -0.05) is 62.2 Å². The molecule has 4 atom stereocenters. The fourth-order valence-electron chi connectivity index (χ4n) is 6.60. The van der Waals surface area contributed by atoms with E-state index in [2.05, 4.69) is 5.32 Å². The third kappa shape index (κ3) is 4.29. The number of hydroxylamine groups is 2. The van der Waals surface area contributed by atoms with E-state index in [-0.39, 0.29) is 34.1 Å². The van der Waals surface area contributed by atoms with E-state index < -0.39 is 41.2 Å². The van der Waals surface area contributed by atoms with E-state index >= 15 is 4.39 Å². The summed E-state index contributed by atoms with van der Waals surface area (Å²) in [6.45, 7) is 5.97. The number of benzene rings is 2. The van der Waals surface area contributed by atoms with Gasteiger partial charge in [0.1, 0.15) is 17.3 Å². The number of ketones is 1. The highest BCUT2D eigenvalue weighted by Gasteiger charge is 2.69. The summed E-state index contributed by atoms with van der Waals surface area (Å²) in [6.07, 6.45) is 1.02. The van der Waals surface area contributed by atoms with Crippen LogP contribution in [0.2, 0.25) is 10.0 Å². The summed E-state index contributed by atoms with van der Waals surface area (Å²) in [5.74, 6) is -2.51. The molecule has 37 heavy (non-hydrogen) atoms. The Morgan fingerprint density at radius 3 is 2.57 bits per heavy atom. The summed E-state index contributed by atoms with van der Waals surface area (Å²) in [4.78, 5) is 28.0. The van der Waals surface area contributed by atoms with Gasteiger partial charge in [0.25, 0.3) is 0 Å². The molecule has 2 aromatic carbocycles. The molecule has 2 heterocycles. The quantitative estimate of drug-likeness (QED) is 0.445. The van der Waals surface area contributed by atoms with Gasteiger partial charge < -0.3 is 15.6 Å². The lowest BCUT2D eigenvalue weighted by Gasteiger charge is -2.38. The maximum Gasteiger partial charge on any atom is 0.237 e. The van der Waals surface area contributed by atoms with Crippen molar-refractivity contribution in [3.63, 3.8) is 0 Å². The number of fused-ring (bicyclic) bond motifs is 2. The zero-order valence-corrected chi connectivity index (χ0v) is 22.5. The lowest BCUT2D eigenvalue weighted by atomic mass is 9.62. The first-order valence-corrected chi connectivity index (χ1v) is 13.3. The second-order valence-corrected chi connectivity index (χ2v) is 12.7. The SMILES string of the molecule is CC(C)(C)C[C@H]1N(O)[C@@H](C(=O)CC2CC(O)C2)[C@H](c2cccc(Cl)c2F)[C@@]12C(=O)Nc1cc(Cl)ccc12. The average molecular weight is 549 g/mol. The number of Topliss-reactive ketones (excluding diaryl/α,β-unsaturated/α-hetero) is 1. The van der Waals surface area contributed by atoms with Crippen LogP contribution in [0.5, 0.6) is 0 Å². The van der Waals surface area contributed by atoms with Crippen LogP contribution >= 0.6 is 23.2 Å². The van der Waals surface area contributed by atoms with Crippen LogP contribution in [0.15, 0.2) is 36.4 Å². The number of nitrogens with one attached hydrogen (secondary N) is 1. The fourth-order valence-corrected chi connectivity index (χ4v) is 6.95. The van der Waals surface area contributed by atoms with E-state index in [1.54, 1.807) is 24.3 Å². The molecule has 0 radical (unpaired) electrons. The van der Waals surface area contributed by atoms with Crippen molar-refractivity contribution in [3.8, 4) is 0 Å². The monoisotopic (exact) mass is 548 g/mol. The van der Waals surface area contributed by atoms with E-state index in [1.165, 1.54) is 12.1 Å². The number of aliphatic hydroxyl groups is 1. The predicted octanol–water partition coefficient (Wildman–Crippen LogP) is 5.71. The number of carbonyl (C=O) groups is 2. The topological polar surface area (TPSA) is 89.9 Å². The minimum absolute atomic E-state index is 0.0260. The second-order valence-electron chi connectivity index (χ2n) is 11.9. The van der Waals surface area contributed by atoms with Crippen molar-refractivity contribution in [3.05, 3.63) is 63.4 Å². The van der Waals surface area contributed by atoms with Crippen LogP contribution in [0.1, 0.15) is 63.5 Å². The summed E-state index contributed by atoms with van der Waals surface area (Å²) in [6, 6.07) is 7.54. The molecule has 1 saturated carbocycles. The Morgan fingerprint density at radius 1 is 1.22 bits per heavy atom. The van der Waals surface area contributed by atoms with Crippen LogP contribution in [0.3, 0.4) is 0 Å². The van der Waals surface area contributed by atoms with Crippen LogP contribution < -0.4 is 5.32 Å². The zero-order valence-electron chi connectivity index (χ0n) is 21.0. The fraction of sp³-hybridized carbons (Fsp3) is 0.500. The van der Waals surface area contributed by atoms with E-state index in [0.717, 1.165) is 5.06 Å². The minimum atomic E-state index is -1.48. The molecule has 3 aliphatic rings. The number of amides is 1. The van der Waals surface area contributed by atoms with Gasteiger partial charge in [-0.3, -0.25) is 9.59 Å². The standard InChI is InChI=1S/C28H31Cl2FN2O4/c1-27(2,3)13-22-28(18-8-7-15(29)12-20(18)32-26(28)36)23(17-5-4-6-19(30)24(17)31)25(33(22)37)21(35)11-14-9-16(34)10-14/h4-8,12,14,16,22-23,25,34,37H,9-11,13H2,1-3H3,(H,32,36)/t14?,16?,22-,23+,25+,28+/m1/s1. The van der Waals surface area contributed by atoms with Gasteiger partial charge in [-0.15, -0.1) is 0 Å². The van der Waals surface area contributed by atoms with E-state index in [4.69, 9.17) is 23.2 Å². The number of hydrogen-bond donors (Lipinski definition) is 3. The number of nitrogens with zero attached hydrogens (tertiary/aromatic N) is 1. The molecule has 1 spiro atoms. The predicted molar refractivity (Wildman–Crippen MR) is 140 cm³/mol. The highest BCUT2D eigenvalue weighted by atomic mass is 35.5. The second kappa shape index (κ2) is 9.31. The van der Waals surface area contributed by atoms with Crippen molar-refractivity contribution in [1.82, 2.24) is 5.06 Å². The maximum absolute atomic E-state index is 15.7. The highest BCUT2D eigenvalue weighted by Crippen LogP contribution is 2.60. The Kier molecular flexibility index (Phi) is 6.69.